The summed E-state index contributed by atoms with van der Waals surface area (Å²) in [5.41, 5.74) is 0.332. The number of rotatable bonds is 7. The Hall–Kier alpha value is -0.410. The van der Waals surface area contributed by atoms with E-state index in [1.54, 1.807) is 11.3 Å². The number of hydrogen-bond donors (Lipinski definition) is 2. The van der Waals surface area contributed by atoms with Crippen LogP contribution in [0.15, 0.2) is 11.2 Å². The van der Waals surface area contributed by atoms with Crippen LogP contribution in [0.4, 0.5) is 0 Å². The summed E-state index contributed by atoms with van der Waals surface area (Å²) in [4.78, 5) is 10.5. The molecule has 0 radical (unpaired) electrons. The van der Waals surface area contributed by atoms with Crippen LogP contribution in [0.25, 0.3) is 0 Å². The van der Waals surface area contributed by atoms with Crippen LogP contribution in [0, 0.1) is 12.3 Å². The summed E-state index contributed by atoms with van der Waals surface area (Å²) in [6, 6.07) is 0.492. The highest BCUT2D eigenvalue weighted by atomic mass is 127. The van der Waals surface area contributed by atoms with Gasteiger partial charge in [-0.3, -0.25) is 4.99 Å². The van der Waals surface area contributed by atoms with Crippen molar-refractivity contribution in [3.8, 4) is 0 Å². The number of aliphatic imine (C=N–C) groups is 1. The largest absolute Gasteiger partial charge is 0.378 e. The molecule has 1 aromatic rings. The molecule has 2 atom stereocenters. The molecule has 2 fully saturated rings. The normalized spacial score (nSPS) is 24.2. The van der Waals surface area contributed by atoms with E-state index in [2.05, 4.69) is 36.4 Å². The van der Waals surface area contributed by atoms with Crippen molar-refractivity contribution in [3.05, 3.63) is 16.1 Å². The van der Waals surface area contributed by atoms with Gasteiger partial charge in [0.2, 0.25) is 0 Å². The summed E-state index contributed by atoms with van der Waals surface area (Å²) in [5, 5.41) is 8.29. The number of halogens is 1. The summed E-state index contributed by atoms with van der Waals surface area (Å²) < 4.78 is 6.02. The number of thiazole rings is 1. The van der Waals surface area contributed by atoms with Crippen LogP contribution in [0.2, 0.25) is 0 Å². The van der Waals surface area contributed by atoms with Crippen LogP contribution in [-0.4, -0.2) is 42.8 Å². The number of hydrogen-bond acceptors (Lipinski definition) is 4. The molecule has 2 N–H and O–H groups in total. The van der Waals surface area contributed by atoms with E-state index >= 15 is 0 Å². The molecule has 0 aromatic carbocycles. The lowest BCUT2D eigenvalue weighted by Crippen LogP contribution is -2.65. The van der Waals surface area contributed by atoms with Gasteiger partial charge in [0, 0.05) is 48.6 Å². The first kappa shape index (κ1) is 21.9. The minimum Gasteiger partial charge on any atom is -0.378 e. The van der Waals surface area contributed by atoms with E-state index in [0.717, 1.165) is 38.5 Å². The summed E-state index contributed by atoms with van der Waals surface area (Å²) in [6.45, 7) is 8.81. The molecule has 3 rings (SSSR count). The number of nitrogens with one attached hydrogen (secondary N) is 2. The topological polar surface area (TPSA) is 58.5 Å². The van der Waals surface area contributed by atoms with Crippen LogP contribution in [0.3, 0.4) is 0 Å². The maximum Gasteiger partial charge on any atom is 0.191 e. The highest BCUT2D eigenvalue weighted by molar-refractivity contribution is 14.0. The first-order chi connectivity index (χ1) is 12.2. The number of ether oxygens (including phenoxy) is 1. The molecular weight excluding hydrogens is 459 g/mol. The quantitative estimate of drug-likeness (QED) is 0.345. The summed E-state index contributed by atoms with van der Waals surface area (Å²) >= 11 is 1.77. The third-order valence-electron chi connectivity index (χ3n) is 5.61. The van der Waals surface area contributed by atoms with Crippen molar-refractivity contribution in [3.63, 3.8) is 0 Å². The summed E-state index contributed by atoms with van der Waals surface area (Å²) in [5.74, 6) is 0.946. The van der Waals surface area contributed by atoms with Crippen LogP contribution >= 0.6 is 35.3 Å². The van der Waals surface area contributed by atoms with Gasteiger partial charge in [-0.1, -0.05) is 12.8 Å². The van der Waals surface area contributed by atoms with Crippen molar-refractivity contribution in [2.75, 3.05) is 19.7 Å². The molecule has 1 spiro atoms. The third kappa shape index (κ3) is 4.90. The fourth-order valence-electron chi connectivity index (χ4n) is 4.35. The van der Waals surface area contributed by atoms with E-state index in [0.29, 0.717) is 17.6 Å². The molecule has 2 saturated carbocycles. The van der Waals surface area contributed by atoms with Crippen LogP contribution < -0.4 is 10.6 Å². The molecule has 7 heteroatoms. The molecule has 2 aliphatic rings. The van der Waals surface area contributed by atoms with Gasteiger partial charge in [0.1, 0.15) is 0 Å². The van der Waals surface area contributed by atoms with E-state index in [9.17, 15) is 0 Å². The van der Waals surface area contributed by atoms with Gasteiger partial charge in [-0.25, -0.2) is 4.98 Å². The average molecular weight is 492 g/mol. The number of nitrogens with zero attached hydrogens (tertiary/aromatic N) is 2. The number of aryl methyl sites for hydroxylation is 1. The Morgan fingerprint density at radius 1 is 1.38 bits per heavy atom. The molecule has 2 aliphatic carbocycles. The van der Waals surface area contributed by atoms with E-state index in [4.69, 9.17) is 9.73 Å². The predicted molar refractivity (Wildman–Crippen MR) is 120 cm³/mol. The van der Waals surface area contributed by atoms with E-state index in [1.165, 1.54) is 35.6 Å². The Balaban J connectivity index is 0.00000243. The molecular formula is C19H33IN4OS. The maximum atomic E-state index is 6.02. The van der Waals surface area contributed by atoms with Crippen LogP contribution in [-0.2, 0) is 11.2 Å². The van der Waals surface area contributed by atoms with Crippen molar-refractivity contribution < 1.29 is 4.74 Å². The zero-order chi connectivity index (χ0) is 17.7. The van der Waals surface area contributed by atoms with Gasteiger partial charge in [-0.15, -0.1) is 35.3 Å². The van der Waals surface area contributed by atoms with E-state index < -0.39 is 0 Å². The standard InChI is InChI=1S/C19H32N4OS.HI/c1-4-20-18(21-11-8-17-22-13-14(3)25-17)23-15-12-16(24-5-2)19(15)9-6-7-10-19;/h13,15-16H,4-12H2,1-3H3,(H2,20,21,23);1H. The molecule has 5 nitrogen and oxygen atoms in total. The SMILES string of the molecule is CCNC(=NCCc1ncc(C)s1)NC1CC(OCC)C12CCCC2.I. The zero-order valence-corrected chi connectivity index (χ0v) is 19.4. The van der Waals surface area contributed by atoms with Crippen molar-refractivity contribution in [1.29, 1.82) is 0 Å². The second kappa shape index (κ2) is 10.2. The minimum absolute atomic E-state index is 0. The first-order valence-electron chi connectivity index (χ1n) is 9.75. The predicted octanol–water partition coefficient (Wildman–Crippen LogP) is 3.90. The highest BCUT2D eigenvalue weighted by Crippen LogP contribution is 2.54. The van der Waals surface area contributed by atoms with Gasteiger partial charge in [-0.05, 0) is 40.0 Å². The summed E-state index contributed by atoms with van der Waals surface area (Å²) in [6.07, 6.45) is 9.62. The van der Waals surface area contributed by atoms with Crippen molar-refractivity contribution in [2.45, 2.75) is 71.4 Å². The van der Waals surface area contributed by atoms with Crippen molar-refractivity contribution in [1.82, 2.24) is 15.6 Å². The van der Waals surface area contributed by atoms with Crippen molar-refractivity contribution >= 4 is 41.3 Å². The average Bonchev–Trinajstić information content (AvgIpc) is 3.25. The Morgan fingerprint density at radius 3 is 2.77 bits per heavy atom. The van der Waals surface area contributed by atoms with Gasteiger partial charge in [0.05, 0.1) is 11.1 Å². The highest BCUT2D eigenvalue weighted by Gasteiger charge is 2.56. The fourth-order valence-corrected chi connectivity index (χ4v) is 5.13. The van der Waals surface area contributed by atoms with E-state index in [-0.39, 0.29) is 24.0 Å². The number of aromatic nitrogens is 1. The summed E-state index contributed by atoms with van der Waals surface area (Å²) in [7, 11) is 0. The monoisotopic (exact) mass is 492 g/mol. The third-order valence-corrected chi connectivity index (χ3v) is 6.58. The molecule has 0 saturated heterocycles. The molecule has 0 amide bonds. The zero-order valence-electron chi connectivity index (χ0n) is 16.2. The Bertz CT molecular complexity index is 586. The Kier molecular flexibility index (Phi) is 8.60. The molecule has 2 unspecified atom stereocenters. The van der Waals surface area contributed by atoms with Gasteiger partial charge in [0.25, 0.3) is 0 Å². The van der Waals surface area contributed by atoms with E-state index in [1.807, 2.05) is 6.20 Å². The molecule has 0 aliphatic heterocycles. The van der Waals surface area contributed by atoms with Gasteiger partial charge in [0.15, 0.2) is 5.96 Å². The lowest BCUT2D eigenvalue weighted by Gasteiger charge is -2.54. The lowest BCUT2D eigenvalue weighted by atomic mass is 9.60. The minimum atomic E-state index is 0. The molecule has 1 heterocycles. The molecule has 1 aromatic heterocycles. The molecule has 148 valence electrons. The second-order valence-corrected chi connectivity index (χ2v) is 8.51. The smallest absolute Gasteiger partial charge is 0.191 e. The van der Waals surface area contributed by atoms with Gasteiger partial charge >= 0.3 is 0 Å². The number of guanidine groups is 1. The molecule has 26 heavy (non-hydrogen) atoms. The first-order valence-corrected chi connectivity index (χ1v) is 10.6. The van der Waals surface area contributed by atoms with Crippen molar-refractivity contribution in [2.24, 2.45) is 10.4 Å². The van der Waals surface area contributed by atoms with Crippen LogP contribution in [0.1, 0.15) is 55.8 Å². The van der Waals surface area contributed by atoms with Gasteiger partial charge in [-0.2, -0.15) is 0 Å². The van der Waals surface area contributed by atoms with Crippen LogP contribution in [0.5, 0.6) is 0 Å². The Labute approximate surface area is 178 Å². The lowest BCUT2D eigenvalue weighted by molar-refractivity contribution is -0.125. The fraction of sp³-hybridized carbons (Fsp3) is 0.789. The second-order valence-electron chi connectivity index (χ2n) is 7.19. The Morgan fingerprint density at radius 2 is 2.15 bits per heavy atom. The van der Waals surface area contributed by atoms with Gasteiger partial charge < -0.3 is 15.4 Å². The maximum absolute atomic E-state index is 6.02. The molecule has 0 bridgehead atoms.